The van der Waals surface area contributed by atoms with Gasteiger partial charge in [0.2, 0.25) is 0 Å². The van der Waals surface area contributed by atoms with Crippen LogP contribution >= 0.6 is 0 Å². The van der Waals surface area contributed by atoms with Gasteiger partial charge in [-0.3, -0.25) is 0 Å². The fourth-order valence-electron chi connectivity index (χ4n) is 7.99. The second kappa shape index (κ2) is 7.71. The molecule has 3 heteroatoms. The molecule has 8 atom stereocenters. The minimum Gasteiger partial charge on any atom is -0.393 e. The number of ether oxygens (including phenoxy) is 1. The molecule has 1 N–H and O–H groups in total. The summed E-state index contributed by atoms with van der Waals surface area (Å²) in [6.07, 6.45) is 12.7. The molecule has 3 nitrogen and oxygen atoms in total. The molecule has 4 rings (SSSR count). The molecule has 0 spiro atoms. The van der Waals surface area contributed by atoms with Crippen LogP contribution in [-0.4, -0.2) is 49.5 Å². The summed E-state index contributed by atoms with van der Waals surface area (Å²) in [4.78, 5) is 2.21. The van der Waals surface area contributed by atoms with Gasteiger partial charge in [-0.25, -0.2) is 0 Å². The van der Waals surface area contributed by atoms with E-state index in [0.29, 0.717) is 22.9 Å². The average Bonchev–Trinajstić information content (AvgIpc) is 2.99. The van der Waals surface area contributed by atoms with Crippen molar-refractivity contribution >= 4 is 0 Å². The topological polar surface area (TPSA) is 32.7 Å². The minimum absolute atomic E-state index is 0.0965. The Morgan fingerprint density at radius 2 is 1.93 bits per heavy atom. The molecule has 0 aromatic carbocycles. The summed E-state index contributed by atoms with van der Waals surface area (Å²) in [5.74, 6) is 3.26. The molecule has 0 amide bonds. The fraction of sp³-hybridized carbons (Fsp3) is 0.920. The first-order valence-electron chi connectivity index (χ1n) is 11.9. The molecule has 0 saturated heterocycles. The Kier molecular flexibility index (Phi) is 5.74. The maximum absolute atomic E-state index is 10.2. The van der Waals surface area contributed by atoms with Crippen molar-refractivity contribution in [1.82, 2.24) is 4.90 Å². The summed E-state index contributed by atoms with van der Waals surface area (Å²) >= 11 is 0. The maximum atomic E-state index is 10.2. The van der Waals surface area contributed by atoms with Gasteiger partial charge in [-0.2, -0.15) is 0 Å². The highest BCUT2D eigenvalue weighted by atomic mass is 16.5. The summed E-state index contributed by atoms with van der Waals surface area (Å²) < 4.78 is 6.32. The van der Waals surface area contributed by atoms with Crippen molar-refractivity contribution in [2.45, 2.75) is 84.3 Å². The molecule has 0 aliphatic heterocycles. The first-order valence-corrected chi connectivity index (χ1v) is 11.9. The third-order valence-corrected chi connectivity index (χ3v) is 9.64. The van der Waals surface area contributed by atoms with Crippen molar-refractivity contribution in [3.8, 4) is 0 Å². The van der Waals surface area contributed by atoms with Crippen molar-refractivity contribution < 1.29 is 9.84 Å². The van der Waals surface area contributed by atoms with Crippen LogP contribution in [0.5, 0.6) is 0 Å². The molecule has 4 aliphatic carbocycles. The second-order valence-corrected chi connectivity index (χ2v) is 11.3. The maximum Gasteiger partial charge on any atom is 0.0596 e. The molecule has 0 radical (unpaired) electrons. The zero-order valence-electron chi connectivity index (χ0n) is 18.9. The smallest absolute Gasteiger partial charge is 0.0596 e. The molecule has 0 unspecified atom stereocenters. The van der Waals surface area contributed by atoms with E-state index in [-0.39, 0.29) is 6.10 Å². The van der Waals surface area contributed by atoms with E-state index in [0.717, 1.165) is 43.7 Å². The highest BCUT2D eigenvalue weighted by Crippen LogP contribution is 2.66. The van der Waals surface area contributed by atoms with E-state index in [1.807, 2.05) is 0 Å². The molecule has 160 valence electrons. The van der Waals surface area contributed by atoms with Gasteiger partial charge in [0.15, 0.2) is 0 Å². The molecule has 0 aromatic heterocycles. The average molecular weight is 390 g/mol. The van der Waals surface area contributed by atoms with Gasteiger partial charge in [-0.05, 0) is 107 Å². The second-order valence-electron chi connectivity index (χ2n) is 11.3. The van der Waals surface area contributed by atoms with Crippen LogP contribution in [0.15, 0.2) is 11.6 Å². The number of hydrogen-bond acceptors (Lipinski definition) is 3. The summed E-state index contributed by atoms with van der Waals surface area (Å²) in [6.45, 7) is 9.33. The normalized spacial score (nSPS) is 46.5. The molecule has 0 aromatic rings. The van der Waals surface area contributed by atoms with Gasteiger partial charge in [0.1, 0.15) is 0 Å². The lowest BCUT2D eigenvalue weighted by molar-refractivity contribution is -0.0819. The minimum atomic E-state index is -0.0965. The number of rotatable bonds is 5. The Morgan fingerprint density at radius 1 is 1.14 bits per heavy atom. The molecule has 0 heterocycles. The first-order chi connectivity index (χ1) is 13.3. The third kappa shape index (κ3) is 3.40. The predicted octanol–water partition coefficient (Wildman–Crippen LogP) is 4.89. The lowest BCUT2D eigenvalue weighted by Crippen LogP contribution is -2.51. The number of aliphatic hydroxyl groups is 1. The van der Waals surface area contributed by atoms with Crippen LogP contribution in [-0.2, 0) is 4.74 Å². The third-order valence-electron chi connectivity index (χ3n) is 9.64. The standard InChI is InChI=1S/C25H43NO2/c1-17(28-15-14-26(4)5)21-8-9-22-20-7-6-18-16-19(27)10-12-24(18,2)23(20)11-13-25(21,22)3/h6,17,19-23,27H,7-16H2,1-5H3/t17-,19-,20-,21+,22-,23-,24-,25+/m0/s1. The Bertz CT molecular complexity index is 601. The quantitative estimate of drug-likeness (QED) is 0.679. The zero-order valence-corrected chi connectivity index (χ0v) is 18.9. The van der Waals surface area contributed by atoms with Crippen LogP contribution < -0.4 is 0 Å². The highest BCUT2D eigenvalue weighted by Gasteiger charge is 2.59. The summed E-state index contributed by atoms with van der Waals surface area (Å²) in [5.41, 5.74) is 2.40. The summed E-state index contributed by atoms with van der Waals surface area (Å²) in [7, 11) is 4.25. The van der Waals surface area contributed by atoms with Crippen molar-refractivity contribution in [3.63, 3.8) is 0 Å². The van der Waals surface area contributed by atoms with Gasteiger partial charge in [0, 0.05) is 6.54 Å². The van der Waals surface area contributed by atoms with Crippen molar-refractivity contribution in [3.05, 3.63) is 11.6 Å². The Hall–Kier alpha value is -0.380. The van der Waals surface area contributed by atoms with Crippen molar-refractivity contribution in [2.24, 2.45) is 34.5 Å². The molecule has 3 fully saturated rings. The number of hydrogen-bond donors (Lipinski definition) is 1. The number of allylic oxidation sites excluding steroid dienone is 1. The molecule has 0 bridgehead atoms. The van der Waals surface area contributed by atoms with Crippen molar-refractivity contribution in [1.29, 1.82) is 0 Å². The molecule has 4 aliphatic rings. The Morgan fingerprint density at radius 3 is 2.68 bits per heavy atom. The van der Waals surface area contributed by atoms with Crippen LogP contribution in [0, 0.1) is 34.5 Å². The predicted molar refractivity (Wildman–Crippen MR) is 115 cm³/mol. The molecule has 3 saturated carbocycles. The summed E-state index contributed by atoms with van der Waals surface area (Å²) in [6, 6.07) is 0. The van der Waals surface area contributed by atoms with E-state index >= 15 is 0 Å². The van der Waals surface area contributed by atoms with Crippen LogP contribution in [0.25, 0.3) is 0 Å². The molecular weight excluding hydrogens is 346 g/mol. The first kappa shape index (κ1) is 20.9. The van der Waals surface area contributed by atoms with E-state index in [9.17, 15) is 5.11 Å². The van der Waals surface area contributed by atoms with Gasteiger partial charge >= 0.3 is 0 Å². The van der Waals surface area contributed by atoms with Crippen LogP contribution in [0.4, 0.5) is 0 Å². The molecule has 28 heavy (non-hydrogen) atoms. The largest absolute Gasteiger partial charge is 0.393 e. The van der Waals surface area contributed by atoms with E-state index in [4.69, 9.17) is 4.74 Å². The van der Waals surface area contributed by atoms with E-state index < -0.39 is 0 Å². The van der Waals surface area contributed by atoms with Crippen LogP contribution in [0.3, 0.4) is 0 Å². The van der Waals surface area contributed by atoms with Crippen LogP contribution in [0.1, 0.15) is 72.1 Å². The van der Waals surface area contributed by atoms with E-state index in [1.165, 1.54) is 38.5 Å². The fourth-order valence-corrected chi connectivity index (χ4v) is 7.99. The van der Waals surface area contributed by atoms with E-state index in [1.54, 1.807) is 5.57 Å². The number of likely N-dealkylation sites (N-methyl/N-ethyl adjacent to an activating group) is 1. The SMILES string of the molecule is C[C@H](OCCN(C)C)[C@H]1CC[C@H]2[C@@H]3CC=C4C[C@@H](O)CC[C@]4(C)[C@H]3CC[C@]12C. The lowest BCUT2D eigenvalue weighted by atomic mass is 9.47. The Balaban J connectivity index is 1.49. The van der Waals surface area contributed by atoms with Gasteiger partial charge in [0.25, 0.3) is 0 Å². The molecular formula is C25H43NO2. The van der Waals surface area contributed by atoms with Crippen LogP contribution in [0.2, 0.25) is 0 Å². The van der Waals surface area contributed by atoms with E-state index in [2.05, 4.69) is 45.8 Å². The van der Waals surface area contributed by atoms with Gasteiger partial charge < -0.3 is 14.7 Å². The van der Waals surface area contributed by atoms with Gasteiger partial charge in [0.05, 0.1) is 18.8 Å². The van der Waals surface area contributed by atoms with Gasteiger partial charge in [-0.1, -0.05) is 25.5 Å². The van der Waals surface area contributed by atoms with Crippen molar-refractivity contribution in [2.75, 3.05) is 27.2 Å². The number of fused-ring (bicyclic) bond motifs is 5. The lowest BCUT2D eigenvalue weighted by Gasteiger charge is -2.58. The number of aliphatic hydroxyl groups excluding tert-OH is 1. The Labute approximate surface area is 172 Å². The van der Waals surface area contributed by atoms with Gasteiger partial charge in [-0.15, -0.1) is 0 Å². The summed E-state index contributed by atoms with van der Waals surface area (Å²) in [5, 5.41) is 10.2. The number of nitrogens with zero attached hydrogens (tertiary/aromatic N) is 1. The zero-order chi connectivity index (χ0) is 20.1. The highest BCUT2D eigenvalue weighted by molar-refractivity contribution is 5.25. The monoisotopic (exact) mass is 389 g/mol.